The van der Waals surface area contributed by atoms with Gasteiger partial charge in [-0.2, -0.15) is 0 Å². The molecule has 1 aliphatic heterocycles. The standard InChI is InChI=1S/C13H25N3O2S/c1-4-11(17)16-9-19-7-10(16)12(18)15-8-13(14,5-2)6-3/h10H,4-9,14H2,1-3H3,(H,15,18). The van der Waals surface area contributed by atoms with Crippen molar-refractivity contribution in [2.24, 2.45) is 5.73 Å². The molecule has 1 atom stereocenters. The Balaban J connectivity index is 2.55. The summed E-state index contributed by atoms with van der Waals surface area (Å²) in [7, 11) is 0. The Hall–Kier alpha value is -0.750. The number of amides is 2. The third kappa shape index (κ3) is 4.11. The molecule has 1 heterocycles. The molecule has 6 heteroatoms. The second-order valence-electron chi connectivity index (χ2n) is 5.02. The topological polar surface area (TPSA) is 75.4 Å². The van der Waals surface area contributed by atoms with Crippen LogP contribution in [0.3, 0.4) is 0 Å². The van der Waals surface area contributed by atoms with Crippen molar-refractivity contribution in [2.75, 3.05) is 18.2 Å². The van der Waals surface area contributed by atoms with Crippen molar-refractivity contribution in [1.29, 1.82) is 0 Å². The first-order chi connectivity index (χ1) is 8.97. The van der Waals surface area contributed by atoms with Crippen molar-refractivity contribution in [3.63, 3.8) is 0 Å². The summed E-state index contributed by atoms with van der Waals surface area (Å²) < 4.78 is 0. The van der Waals surface area contributed by atoms with Crippen molar-refractivity contribution in [2.45, 2.75) is 51.6 Å². The van der Waals surface area contributed by atoms with Gasteiger partial charge < -0.3 is 16.0 Å². The molecular formula is C13H25N3O2S. The molecule has 1 saturated heterocycles. The molecule has 0 bridgehead atoms. The summed E-state index contributed by atoms with van der Waals surface area (Å²) in [5.74, 6) is 1.24. The van der Waals surface area contributed by atoms with Crippen LogP contribution in [0.15, 0.2) is 0 Å². The van der Waals surface area contributed by atoms with E-state index < -0.39 is 0 Å². The lowest BCUT2D eigenvalue weighted by Gasteiger charge is -2.29. The summed E-state index contributed by atoms with van der Waals surface area (Å²) in [5.41, 5.74) is 5.82. The zero-order chi connectivity index (χ0) is 14.5. The number of nitrogens with two attached hydrogens (primary N) is 1. The van der Waals surface area contributed by atoms with Gasteiger partial charge in [-0.15, -0.1) is 11.8 Å². The number of nitrogens with one attached hydrogen (secondary N) is 1. The van der Waals surface area contributed by atoms with Crippen molar-refractivity contribution < 1.29 is 9.59 Å². The second kappa shape index (κ2) is 7.14. The number of thioether (sulfide) groups is 1. The summed E-state index contributed by atoms with van der Waals surface area (Å²) in [5, 5.41) is 2.90. The van der Waals surface area contributed by atoms with Crippen molar-refractivity contribution in [3.8, 4) is 0 Å². The van der Waals surface area contributed by atoms with Gasteiger partial charge in [0.2, 0.25) is 11.8 Å². The summed E-state index contributed by atoms with van der Waals surface area (Å²) in [6.07, 6.45) is 2.08. The molecule has 0 aromatic rings. The molecular weight excluding hydrogens is 262 g/mol. The lowest BCUT2D eigenvalue weighted by molar-refractivity contribution is -0.137. The number of hydrogen-bond acceptors (Lipinski definition) is 4. The fraction of sp³-hybridized carbons (Fsp3) is 0.846. The third-order valence-corrected chi connectivity index (χ3v) is 4.84. The summed E-state index contributed by atoms with van der Waals surface area (Å²) in [6, 6.07) is -0.338. The van der Waals surface area contributed by atoms with Gasteiger partial charge in [0.15, 0.2) is 0 Å². The quantitative estimate of drug-likeness (QED) is 0.762. The zero-order valence-electron chi connectivity index (χ0n) is 12.1. The lowest BCUT2D eigenvalue weighted by Crippen LogP contribution is -2.54. The number of hydrogen-bond donors (Lipinski definition) is 2. The highest BCUT2D eigenvalue weighted by Gasteiger charge is 2.34. The molecule has 2 amide bonds. The Bertz CT molecular complexity index is 332. The zero-order valence-corrected chi connectivity index (χ0v) is 12.9. The maximum Gasteiger partial charge on any atom is 0.243 e. The van der Waals surface area contributed by atoms with Crippen LogP contribution >= 0.6 is 11.8 Å². The molecule has 5 nitrogen and oxygen atoms in total. The van der Waals surface area contributed by atoms with Gasteiger partial charge in [0.25, 0.3) is 0 Å². The number of rotatable bonds is 6. The Kier molecular flexibility index (Phi) is 6.13. The van der Waals surface area contributed by atoms with Crippen LogP contribution in [-0.2, 0) is 9.59 Å². The van der Waals surface area contributed by atoms with Gasteiger partial charge in [0.05, 0.1) is 5.88 Å². The minimum atomic E-state index is -0.346. The smallest absolute Gasteiger partial charge is 0.243 e. The maximum atomic E-state index is 12.2. The van der Waals surface area contributed by atoms with E-state index in [2.05, 4.69) is 5.32 Å². The van der Waals surface area contributed by atoms with E-state index in [1.54, 1.807) is 16.7 Å². The Morgan fingerprint density at radius 2 is 2.00 bits per heavy atom. The maximum absolute atomic E-state index is 12.2. The molecule has 1 unspecified atom stereocenters. The van der Waals surface area contributed by atoms with Gasteiger partial charge in [0.1, 0.15) is 6.04 Å². The Morgan fingerprint density at radius 3 is 2.53 bits per heavy atom. The molecule has 1 aliphatic rings. The third-order valence-electron chi connectivity index (χ3n) is 3.83. The molecule has 19 heavy (non-hydrogen) atoms. The molecule has 0 aromatic heterocycles. The van der Waals surface area contributed by atoms with Gasteiger partial charge in [-0.25, -0.2) is 0 Å². The van der Waals surface area contributed by atoms with E-state index in [1.165, 1.54) is 0 Å². The van der Waals surface area contributed by atoms with Gasteiger partial charge in [-0.1, -0.05) is 20.8 Å². The average Bonchev–Trinajstić information content (AvgIpc) is 2.92. The van der Waals surface area contributed by atoms with Crippen LogP contribution in [0, 0.1) is 0 Å². The van der Waals surface area contributed by atoms with E-state index in [0.29, 0.717) is 24.6 Å². The van der Waals surface area contributed by atoms with Crippen molar-refractivity contribution in [1.82, 2.24) is 10.2 Å². The van der Waals surface area contributed by atoms with Crippen molar-refractivity contribution >= 4 is 23.6 Å². The molecule has 0 aliphatic carbocycles. The SMILES string of the molecule is CCC(=O)N1CSCC1C(=O)NCC(N)(CC)CC. The van der Waals surface area contributed by atoms with Crippen LogP contribution in [0.2, 0.25) is 0 Å². The van der Waals surface area contributed by atoms with E-state index in [0.717, 1.165) is 12.8 Å². The minimum absolute atomic E-state index is 0.0372. The van der Waals surface area contributed by atoms with E-state index in [-0.39, 0.29) is 23.4 Å². The molecule has 1 rings (SSSR count). The van der Waals surface area contributed by atoms with E-state index in [4.69, 9.17) is 5.73 Å². The lowest BCUT2D eigenvalue weighted by atomic mass is 9.94. The first-order valence-electron chi connectivity index (χ1n) is 6.91. The monoisotopic (exact) mass is 287 g/mol. The molecule has 0 saturated carbocycles. The number of carbonyl (C=O) groups is 2. The normalized spacial score (nSPS) is 19.6. The van der Waals surface area contributed by atoms with Crippen LogP contribution in [0.4, 0.5) is 0 Å². The second-order valence-corrected chi connectivity index (χ2v) is 6.02. The Labute approximate surface area is 119 Å². The van der Waals surface area contributed by atoms with E-state index >= 15 is 0 Å². The van der Waals surface area contributed by atoms with Gasteiger partial charge >= 0.3 is 0 Å². The molecule has 0 spiro atoms. The molecule has 110 valence electrons. The van der Waals surface area contributed by atoms with Crippen molar-refractivity contribution in [3.05, 3.63) is 0 Å². The molecule has 1 fully saturated rings. The molecule has 0 aromatic carbocycles. The van der Waals surface area contributed by atoms with Gasteiger partial charge in [-0.05, 0) is 12.8 Å². The van der Waals surface area contributed by atoms with Gasteiger partial charge in [-0.3, -0.25) is 9.59 Å². The predicted octanol–water partition coefficient (Wildman–Crippen LogP) is 0.932. The fourth-order valence-corrected chi connectivity index (χ4v) is 3.17. The summed E-state index contributed by atoms with van der Waals surface area (Å²) in [6.45, 7) is 6.33. The highest BCUT2D eigenvalue weighted by Crippen LogP contribution is 2.22. The largest absolute Gasteiger partial charge is 0.352 e. The first kappa shape index (κ1) is 16.3. The van der Waals surface area contributed by atoms with E-state index in [1.807, 2.05) is 20.8 Å². The van der Waals surface area contributed by atoms with Gasteiger partial charge in [0, 0.05) is 24.3 Å². The Morgan fingerprint density at radius 1 is 1.37 bits per heavy atom. The van der Waals surface area contributed by atoms with Crippen LogP contribution in [0.5, 0.6) is 0 Å². The van der Waals surface area contributed by atoms with Crippen LogP contribution in [0.25, 0.3) is 0 Å². The highest BCUT2D eigenvalue weighted by molar-refractivity contribution is 7.99. The minimum Gasteiger partial charge on any atom is -0.352 e. The molecule has 3 N–H and O–H groups in total. The number of nitrogens with zero attached hydrogens (tertiary/aromatic N) is 1. The fourth-order valence-electron chi connectivity index (χ4n) is 1.99. The average molecular weight is 287 g/mol. The first-order valence-corrected chi connectivity index (χ1v) is 8.06. The van der Waals surface area contributed by atoms with E-state index in [9.17, 15) is 9.59 Å². The summed E-state index contributed by atoms with van der Waals surface area (Å²) in [4.78, 5) is 25.6. The number of carbonyl (C=O) groups excluding carboxylic acids is 2. The van der Waals surface area contributed by atoms with Crippen LogP contribution < -0.4 is 11.1 Å². The molecule has 0 radical (unpaired) electrons. The highest BCUT2D eigenvalue weighted by atomic mass is 32.2. The predicted molar refractivity (Wildman–Crippen MR) is 78.8 cm³/mol. The van der Waals surface area contributed by atoms with Crippen LogP contribution in [-0.4, -0.2) is 46.5 Å². The van der Waals surface area contributed by atoms with Crippen LogP contribution in [0.1, 0.15) is 40.0 Å². The summed E-state index contributed by atoms with van der Waals surface area (Å²) >= 11 is 1.62.